The van der Waals surface area contributed by atoms with Crippen molar-refractivity contribution in [2.24, 2.45) is 5.92 Å². The first kappa shape index (κ1) is 13.9. The molecule has 0 saturated carbocycles. The van der Waals surface area contributed by atoms with Gasteiger partial charge in [-0.25, -0.2) is 0 Å². The molecule has 0 aliphatic heterocycles. The Kier molecular flexibility index (Phi) is 4.43. The normalized spacial score (nSPS) is 14.3. The molecule has 0 aromatic heterocycles. The van der Waals surface area contributed by atoms with Crippen molar-refractivity contribution in [2.75, 3.05) is 6.61 Å². The summed E-state index contributed by atoms with van der Waals surface area (Å²) >= 11 is 0. The van der Waals surface area contributed by atoms with Gasteiger partial charge in [0.15, 0.2) is 0 Å². The van der Waals surface area contributed by atoms with E-state index in [1.807, 2.05) is 30.3 Å². The van der Waals surface area contributed by atoms with E-state index in [-0.39, 0.29) is 0 Å². The van der Waals surface area contributed by atoms with Crippen LogP contribution in [0, 0.1) is 5.92 Å². The summed E-state index contributed by atoms with van der Waals surface area (Å²) in [6, 6.07) is 12.1. The molecule has 0 heterocycles. The van der Waals surface area contributed by atoms with Gasteiger partial charge in [0.2, 0.25) is 0 Å². The molecule has 0 saturated heterocycles. The summed E-state index contributed by atoms with van der Waals surface area (Å²) in [5.41, 5.74) is 0.863. The molecule has 19 heavy (non-hydrogen) atoms. The van der Waals surface area contributed by atoms with Gasteiger partial charge in [0.25, 0.3) is 0 Å². The van der Waals surface area contributed by atoms with E-state index in [4.69, 9.17) is 4.74 Å². The fraction of sp³-hybridized carbons (Fsp3) is 0.412. The van der Waals surface area contributed by atoms with Crippen LogP contribution in [0.25, 0.3) is 10.8 Å². The van der Waals surface area contributed by atoms with Crippen LogP contribution in [0.15, 0.2) is 36.4 Å². The molecule has 0 spiro atoms. The van der Waals surface area contributed by atoms with Crippen molar-refractivity contribution >= 4 is 10.8 Å². The molecule has 2 nitrogen and oxygen atoms in total. The quantitative estimate of drug-likeness (QED) is 0.865. The molecule has 0 bridgehead atoms. The van der Waals surface area contributed by atoms with Gasteiger partial charge in [-0.2, -0.15) is 0 Å². The molecular formula is C17H22O2. The predicted molar refractivity (Wildman–Crippen MR) is 79.5 cm³/mol. The van der Waals surface area contributed by atoms with Gasteiger partial charge in [-0.1, -0.05) is 56.7 Å². The van der Waals surface area contributed by atoms with Crippen molar-refractivity contribution in [3.8, 4) is 5.75 Å². The minimum absolute atomic E-state index is 0.515. The number of aliphatic hydroxyl groups is 1. The van der Waals surface area contributed by atoms with E-state index >= 15 is 0 Å². The van der Waals surface area contributed by atoms with Crippen LogP contribution in [-0.2, 0) is 0 Å². The van der Waals surface area contributed by atoms with E-state index in [0.29, 0.717) is 12.5 Å². The molecule has 2 heteroatoms. The molecule has 0 fully saturated rings. The first-order valence-corrected chi connectivity index (χ1v) is 6.96. The summed E-state index contributed by atoms with van der Waals surface area (Å²) in [6.45, 7) is 6.80. The highest BCUT2D eigenvalue weighted by atomic mass is 16.5. The summed E-state index contributed by atoms with van der Waals surface area (Å²) < 4.78 is 6.00. The van der Waals surface area contributed by atoms with E-state index in [1.165, 1.54) is 0 Å². The van der Waals surface area contributed by atoms with E-state index in [1.54, 1.807) is 6.92 Å². The van der Waals surface area contributed by atoms with E-state index in [9.17, 15) is 5.11 Å². The van der Waals surface area contributed by atoms with Gasteiger partial charge in [0, 0.05) is 10.9 Å². The molecule has 1 N–H and O–H groups in total. The van der Waals surface area contributed by atoms with Gasteiger partial charge in [-0.05, 0) is 18.2 Å². The third-order valence-electron chi connectivity index (χ3n) is 3.57. The second-order valence-corrected chi connectivity index (χ2v) is 5.21. The van der Waals surface area contributed by atoms with Gasteiger partial charge in [0.05, 0.1) is 12.7 Å². The molecular weight excluding hydrogens is 236 g/mol. The zero-order valence-corrected chi connectivity index (χ0v) is 11.9. The van der Waals surface area contributed by atoms with Crippen molar-refractivity contribution in [3.63, 3.8) is 0 Å². The van der Waals surface area contributed by atoms with Crippen molar-refractivity contribution in [1.29, 1.82) is 0 Å². The lowest BCUT2D eigenvalue weighted by Gasteiger charge is -2.18. The third kappa shape index (κ3) is 3.07. The first-order valence-electron chi connectivity index (χ1n) is 6.96. The van der Waals surface area contributed by atoms with Crippen LogP contribution >= 0.6 is 0 Å². The monoisotopic (exact) mass is 258 g/mol. The number of fused-ring (bicyclic) bond motifs is 1. The second-order valence-electron chi connectivity index (χ2n) is 5.21. The van der Waals surface area contributed by atoms with Crippen LogP contribution in [0.1, 0.15) is 38.9 Å². The van der Waals surface area contributed by atoms with Crippen LogP contribution in [0.4, 0.5) is 0 Å². The zero-order chi connectivity index (χ0) is 13.8. The summed E-state index contributed by atoms with van der Waals surface area (Å²) in [6.07, 6.45) is 0.575. The molecule has 2 aromatic rings. The Labute approximate surface area is 115 Å². The van der Waals surface area contributed by atoms with Crippen molar-refractivity contribution in [3.05, 3.63) is 42.0 Å². The lowest BCUT2D eigenvalue weighted by molar-refractivity contribution is 0.187. The molecule has 0 aliphatic carbocycles. The van der Waals surface area contributed by atoms with Crippen LogP contribution in [0.2, 0.25) is 0 Å². The van der Waals surface area contributed by atoms with Crippen molar-refractivity contribution < 1.29 is 9.84 Å². The van der Waals surface area contributed by atoms with Crippen LogP contribution < -0.4 is 4.74 Å². The molecule has 2 atom stereocenters. The second kappa shape index (κ2) is 6.07. The highest BCUT2D eigenvalue weighted by Crippen LogP contribution is 2.33. The average Bonchev–Trinajstić information content (AvgIpc) is 2.43. The highest BCUT2D eigenvalue weighted by Gasteiger charge is 2.13. The average molecular weight is 258 g/mol. The maximum atomic E-state index is 9.91. The minimum atomic E-state index is -0.517. The standard InChI is InChI=1S/C17H22O2/c1-4-12(2)11-19-17-15(13(3)18)10-9-14-7-5-6-8-16(14)17/h5-10,12-13,18H,4,11H2,1-3H3. The molecule has 0 aliphatic rings. The zero-order valence-electron chi connectivity index (χ0n) is 11.9. The van der Waals surface area contributed by atoms with Gasteiger partial charge in [-0.15, -0.1) is 0 Å². The first-order chi connectivity index (χ1) is 9.13. The van der Waals surface area contributed by atoms with Gasteiger partial charge < -0.3 is 9.84 Å². The minimum Gasteiger partial charge on any atom is -0.492 e. The smallest absolute Gasteiger partial charge is 0.132 e. The molecule has 2 rings (SSSR count). The summed E-state index contributed by atoms with van der Waals surface area (Å²) in [5.74, 6) is 1.34. The number of ether oxygens (including phenoxy) is 1. The molecule has 0 radical (unpaired) electrons. The van der Waals surface area contributed by atoms with Crippen LogP contribution in [0.5, 0.6) is 5.75 Å². The SMILES string of the molecule is CCC(C)COc1c(C(C)O)ccc2ccccc12. The molecule has 2 aromatic carbocycles. The topological polar surface area (TPSA) is 29.5 Å². The summed E-state index contributed by atoms with van der Waals surface area (Å²) in [5, 5.41) is 12.1. The maximum Gasteiger partial charge on any atom is 0.132 e. The lowest BCUT2D eigenvalue weighted by atomic mass is 10.0. The van der Waals surface area contributed by atoms with Gasteiger partial charge in [-0.3, -0.25) is 0 Å². The maximum absolute atomic E-state index is 9.91. The fourth-order valence-corrected chi connectivity index (χ4v) is 2.09. The number of benzene rings is 2. The number of hydrogen-bond donors (Lipinski definition) is 1. The summed E-state index contributed by atoms with van der Waals surface area (Å²) in [4.78, 5) is 0. The number of rotatable bonds is 5. The Hall–Kier alpha value is -1.54. The Morgan fingerprint density at radius 1 is 1.11 bits per heavy atom. The van der Waals surface area contributed by atoms with Crippen molar-refractivity contribution in [1.82, 2.24) is 0 Å². The molecule has 2 unspecified atom stereocenters. The van der Waals surface area contributed by atoms with Gasteiger partial charge in [0.1, 0.15) is 5.75 Å². The Bertz CT molecular complexity index is 546. The Morgan fingerprint density at radius 3 is 2.53 bits per heavy atom. The third-order valence-corrected chi connectivity index (χ3v) is 3.57. The van der Waals surface area contributed by atoms with Gasteiger partial charge >= 0.3 is 0 Å². The highest BCUT2D eigenvalue weighted by molar-refractivity contribution is 5.89. The summed E-state index contributed by atoms with van der Waals surface area (Å²) in [7, 11) is 0. The van der Waals surface area contributed by atoms with Crippen LogP contribution in [-0.4, -0.2) is 11.7 Å². The molecule has 0 amide bonds. The van der Waals surface area contributed by atoms with Crippen molar-refractivity contribution in [2.45, 2.75) is 33.3 Å². The molecule has 102 valence electrons. The predicted octanol–water partition coefficient (Wildman–Crippen LogP) is 4.32. The van der Waals surface area contributed by atoms with E-state index in [0.717, 1.165) is 28.5 Å². The van der Waals surface area contributed by atoms with Crippen LogP contribution in [0.3, 0.4) is 0 Å². The lowest BCUT2D eigenvalue weighted by Crippen LogP contribution is -2.09. The Morgan fingerprint density at radius 2 is 1.84 bits per heavy atom. The fourth-order valence-electron chi connectivity index (χ4n) is 2.09. The Balaban J connectivity index is 2.43. The number of aliphatic hydroxyl groups excluding tert-OH is 1. The van der Waals surface area contributed by atoms with E-state index in [2.05, 4.69) is 19.9 Å². The van der Waals surface area contributed by atoms with E-state index < -0.39 is 6.10 Å². The largest absolute Gasteiger partial charge is 0.492 e. The number of hydrogen-bond acceptors (Lipinski definition) is 2.